The van der Waals surface area contributed by atoms with Crippen molar-refractivity contribution < 1.29 is 4.74 Å². The van der Waals surface area contributed by atoms with E-state index in [9.17, 15) is 0 Å². The lowest BCUT2D eigenvalue weighted by molar-refractivity contribution is 0.148. The Balaban J connectivity index is 1.31. The molecule has 3 aromatic rings. The molecule has 4 rings (SSSR count). The van der Waals surface area contributed by atoms with Gasteiger partial charge in [0.05, 0.1) is 6.54 Å². The number of rotatable bonds is 6. The number of benzene rings is 2. The SMILES string of the molecule is C1=C(OCc2ccccc2)CN(CCc2c[nH]c3ccccc23)CC1. The van der Waals surface area contributed by atoms with Gasteiger partial charge in [-0.1, -0.05) is 48.5 Å². The van der Waals surface area contributed by atoms with E-state index in [1.807, 2.05) is 6.07 Å². The maximum absolute atomic E-state index is 6.02. The first-order valence-corrected chi connectivity index (χ1v) is 9.01. The van der Waals surface area contributed by atoms with Crippen molar-refractivity contribution in [3.05, 3.63) is 83.8 Å². The Morgan fingerprint density at radius 3 is 2.76 bits per heavy atom. The predicted molar refractivity (Wildman–Crippen MR) is 102 cm³/mol. The number of hydrogen-bond acceptors (Lipinski definition) is 2. The topological polar surface area (TPSA) is 28.3 Å². The summed E-state index contributed by atoms with van der Waals surface area (Å²) in [6.07, 6.45) is 6.52. The number of nitrogens with zero attached hydrogens (tertiary/aromatic N) is 1. The highest BCUT2D eigenvalue weighted by atomic mass is 16.5. The number of aromatic amines is 1. The van der Waals surface area contributed by atoms with Crippen molar-refractivity contribution >= 4 is 10.9 Å². The highest BCUT2D eigenvalue weighted by Crippen LogP contribution is 2.19. The minimum absolute atomic E-state index is 0.656. The largest absolute Gasteiger partial charge is 0.492 e. The zero-order valence-electron chi connectivity index (χ0n) is 14.4. The first-order valence-electron chi connectivity index (χ1n) is 9.01. The van der Waals surface area contributed by atoms with Gasteiger partial charge in [-0.3, -0.25) is 4.90 Å². The van der Waals surface area contributed by atoms with Gasteiger partial charge in [0.2, 0.25) is 0 Å². The van der Waals surface area contributed by atoms with Crippen LogP contribution in [0.25, 0.3) is 10.9 Å². The highest BCUT2D eigenvalue weighted by Gasteiger charge is 2.14. The Morgan fingerprint density at radius 1 is 1.00 bits per heavy atom. The first-order chi connectivity index (χ1) is 12.4. The highest BCUT2D eigenvalue weighted by molar-refractivity contribution is 5.83. The second-order valence-corrected chi connectivity index (χ2v) is 6.62. The predicted octanol–water partition coefficient (Wildman–Crippen LogP) is 4.52. The number of H-pyrrole nitrogens is 1. The number of ether oxygens (including phenoxy) is 1. The molecule has 0 fully saturated rings. The van der Waals surface area contributed by atoms with E-state index in [-0.39, 0.29) is 0 Å². The summed E-state index contributed by atoms with van der Waals surface area (Å²) >= 11 is 0. The molecule has 0 saturated carbocycles. The molecule has 3 heteroatoms. The molecule has 128 valence electrons. The Kier molecular flexibility index (Phi) is 4.84. The molecule has 0 unspecified atom stereocenters. The molecule has 0 amide bonds. The van der Waals surface area contributed by atoms with Gasteiger partial charge in [-0.25, -0.2) is 0 Å². The van der Waals surface area contributed by atoms with E-state index in [1.165, 1.54) is 22.0 Å². The third-order valence-corrected chi connectivity index (χ3v) is 4.84. The van der Waals surface area contributed by atoms with E-state index in [0.717, 1.165) is 38.2 Å². The van der Waals surface area contributed by atoms with Crippen molar-refractivity contribution in [2.24, 2.45) is 0 Å². The second kappa shape index (κ2) is 7.58. The average molecular weight is 332 g/mol. The Labute approximate surface area is 148 Å². The van der Waals surface area contributed by atoms with Crippen molar-refractivity contribution in [2.45, 2.75) is 19.4 Å². The Morgan fingerprint density at radius 2 is 1.84 bits per heavy atom. The van der Waals surface area contributed by atoms with Crippen LogP contribution < -0.4 is 0 Å². The first kappa shape index (κ1) is 16.0. The molecular weight excluding hydrogens is 308 g/mol. The number of para-hydroxylation sites is 1. The molecule has 1 aromatic heterocycles. The van der Waals surface area contributed by atoms with Gasteiger partial charge in [-0.15, -0.1) is 0 Å². The molecule has 0 aliphatic carbocycles. The van der Waals surface area contributed by atoms with E-state index >= 15 is 0 Å². The number of hydrogen-bond donors (Lipinski definition) is 1. The third-order valence-electron chi connectivity index (χ3n) is 4.84. The van der Waals surface area contributed by atoms with Crippen LogP contribution in [-0.2, 0) is 17.8 Å². The quantitative estimate of drug-likeness (QED) is 0.719. The van der Waals surface area contributed by atoms with E-state index in [1.54, 1.807) is 0 Å². The minimum atomic E-state index is 0.656. The molecule has 0 radical (unpaired) electrons. The lowest BCUT2D eigenvalue weighted by Crippen LogP contribution is -2.32. The number of nitrogens with one attached hydrogen (secondary N) is 1. The van der Waals surface area contributed by atoms with E-state index in [0.29, 0.717) is 6.61 Å². The molecule has 0 bridgehead atoms. The molecule has 1 N–H and O–H groups in total. The molecule has 0 spiro atoms. The molecule has 0 saturated heterocycles. The summed E-state index contributed by atoms with van der Waals surface area (Å²) in [5.41, 5.74) is 3.85. The molecule has 0 atom stereocenters. The van der Waals surface area contributed by atoms with Crippen LogP contribution in [-0.4, -0.2) is 29.5 Å². The third kappa shape index (κ3) is 3.94. The van der Waals surface area contributed by atoms with Gasteiger partial charge < -0.3 is 9.72 Å². The summed E-state index contributed by atoms with van der Waals surface area (Å²) in [7, 11) is 0. The van der Waals surface area contributed by atoms with Gasteiger partial charge in [0.1, 0.15) is 12.4 Å². The molecule has 1 aliphatic heterocycles. The van der Waals surface area contributed by atoms with Crippen LogP contribution in [0, 0.1) is 0 Å². The standard InChI is InChI=1S/C22H24N2O/c1-2-7-18(8-3-1)17-25-20-9-6-13-24(16-20)14-12-19-15-23-22-11-5-4-10-21(19)22/h1-5,7-11,15,23H,6,12-14,16-17H2. The van der Waals surface area contributed by atoms with Crippen LogP contribution in [0.5, 0.6) is 0 Å². The van der Waals surface area contributed by atoms with E-state index < -0.39 is 0 Å². The van der Waals surface area contributed by atoms with Gasteiger partial charge in [-0.05, 0) is 36.1 Å². The monoisotopic (exact) mass is 332 g/mol. The van der Waals surface area contributed by atoms with Crippen molar-refractivity contribution in [1.82, 2.24) is 9.88 Å². The van der Waals surface area contributed by atoms with Crippen molar-refractivity contribution in [3.63, 3.8) is 0 Å². The number of fused-ring (bicyclic) bond motifs is 1. The summed E-state index contributed by atoms with van der Waals surface area (Å²) in [4.78, 5) is 5.86. The van der Waals surface area contributed by atoms with Gasteiger partial charge >= 0.3 is 0 Å². The van der Waals surface area contributed by atoms with Crippen LogP contribution in [0.1, 0.15) is 17.5 Å². The van der Waals surface area contributed by atoms with Crippen LogP contribution in [0.3, 0.4) is 0 Å². The zero-order valence-corrected chi connectivity index (χ0v) is 14.4. The van der Waals surface area contributed by atoms with Gasteiger partial charge in [0.25, 0.3) is 0 Å². The summed E-state index contributed by atoms with van der Waals surface area (Å²) < 4.78 is 6.02. The minimum Gasteiger partial charge on any atom is -0.492 e. The fraction of sp³-hybridized carbons (Fsp3) is 0.273. The van der Waals surface area contributed by atoms with Crippen molar-refractivity contribution in [1.29, 1.82) is 0 Å². The maximum atomic E-state index is 6.02. The molecule has 2 aromatic carbocycles. The van der Waals surface area contributed by atoms with Crippen molar-refractivity contribution in [2.75, 3.05) is 19.6 Å². The van der Waals surface area contributed by atoms with Crippen LogP contribution >= 0.6 is 0 Å². The van der Waals surface area contributed by atoms with Crippen LogP contribution in [0.15, 0.2) is 72.6 Å². The molecule has 25 heavy (non-hydrogen) atoms. The van der Waals surface area contributed by atoms with E-state index in [2.05, 4.69) is 70.7 Å². The Hall–Kier alpha value is -2.52. The molecule has 2 heterocycles. The van der Waals surface area contributed by atoms with Crippen molar-refractivity contribution in [3.8, 4) is 0 Å². The molecule has 1 aliphatic rings. The van der Waals surface area contributed by atoms with Crippen LogP contribution in [0.4, 0.5) is 0 Å². The van der Waals surface area contributed by atoms with Crippen LogP contribution in [0.2, 0.25) is 0 Å². The Bertz CT molecular complexity index is 851. The maximum Gasteiger partial charge on any atom is 0.113 e. The number of aromatic nitrogens is 1. The summed E-state index contributed by atoms with van der Waals surface area (Å²) in [6, 6.07) is 18.9. The fourth-order valence-corrected chi connectivity index (χ4v) is 3.43. The lowest BCUT2D eigenvalue weighted by Gasteiger charge is -2.27. The summed E-state index contributed by atoms with van der Waals surface area (Å²) in [5.74, 6) is 1.11. The average Bonchev–Trinajstić information content (AvgIpc) is 3.09. The van der Waals surface area contributed by atoms with Gasteiger partial charge in [0, 0.05) is 30.2 Å². The zero-order chi connectivity index (χ0) is 16.9. The second-order valence-electron chi connectivity index (χ2n) is 6.62. The normalized spacial score (nSPS) is 15.3. The van der Waals surface area contributed by atoms with Gasteiger partial charge in [0.15, 0.2) is 0 Å². The fourth-order valence-electron chi connectivity index (χ4n) is 3.43. The molecular formula is C22H24N2O. The van der Waals surface area contributed by atoms with E-state index in [4.69, 9.17) is 4.74 Å². The molecule has 3 nitrogen and oxygen atoms in total. The summed E-state index contributed by atoms with van der Waals surface area (Å²) in [6.45, 7) is 3.74. The van der Waals surface area contributed by atoms with Gasteiger partial charge in [-0.2, -0.15) is 0 Å². The summed E-state index contributed by atoms with van der Waals surface area (Å²) in [5, 5.41) is 1.34. The lowest BCUT2D eigenvalue weighted by atomic mass is 10.1. The smallest absolute Gasteiger partial charge is 0.113 e.